The zero-order valence-electron chi connectivity index (χ0n) is 20.8. The van der Waals surface area contributed by atoms with E-state index in [-0.39, 0.29) is 0 Å². The lowest BCUT2D eigenvalue weighted by atomic mass is 9.96. The van der Waals surface area contributed by atoms with Crippen LogP contribution in [0.2, 0.25) is 0 Å². The number of allylic oxidation sites excluding steroid dienone is 6. The summed E-state index contributed by atoms with van der Waals surface area (Å²) in [6, 6.07) is 5.09. The quantitative estimate of drug-likeness (QED) is 0.149. The normalized spacial score (nSPS) is 14.0. The van der Waals surface area contributed by atoms with E-state index in [4.69, 9.17) is 5.26 Å². The molecule has 7 nitrogen and oxygen atoms in total. The molecular weight excluding hydrogens is 631 g/mol. The second-order valence-corrected chi connectivity index (χ2v) is 8.27. The third-order valence-corrected chi connectivity index (χ3v) is 6.06. The van der Waals surface area contributed by atoms with E-state index in [9.17, 15) is 60.6 Å². The summed E-state index contributed by atoms with van der Waals surface area (Å²) in [4.78, 5) is 4.49. The molecule has 0 bridgehead atoms. The highest BCUT2D eigenvalue weighted by Crippen LogP contribution is 2.57. The highest BCUT2D eigenvalue weighted by Gasteiger charge is 2.46. The smallest absolute Gasteiger partial charge is 0.205 e. The molecule has 0 atom stereocenters. The Kier molecular flexibility index (Phi) is 7.84. The van der Waals surface area contributed by atoms with Crippen LogP contribution in [0.5, 0.6) is 0 Å². The molecule has 0 radical (unpaired) electrons. The maximum atomic E-state index is 15.3. The van der Waals surface area contributed by atoms with Gasteiger partial charge in [0.1, 0.15) is 41.5 Å². The third kappa shape index (κ3) is 4.56. The number of nitriles is 5. The van der Waals surface area contributed by atoms with Crippen LogP contribution in [0, 0.1) is 121 Å². The van der Waals surface area contributed by atoms with Gasteiger partial charge < -0.3 is 0 Å². The van der Waals surface area contributed by atoms with Crippen LogP contribution in [0.3, 0.4) is 0 Å². The molecule has 4 rings (SSSR count). The second-order valence-electron chi connectivity index (χ2n) is 8.27. The van der Waals surface area contributed by atoms with Crippen molar-refractivity contribution in [3.05, 3.63) is 109 Å². The van der Waals surface area contributed by atoms with Crippen molar-refractivity contribution in [1.82, 2.24) is 9.97 Å². The van der Waals surface area contributed by atoms with E-state index in [0.29, 0.717) is 0 Å². The predicted molar refractivity (Wildman–Crippen MR) is 121 cm³/mol. The molecule has 1 aliphatic rings. The number of hydrogen-bond donors (Lipinski definition) is 0. The molecule has 18 heteroatoms. The van der Waals surface area contributed by atoms with E-state index >= 15 is 8.78 Å². The van der Waals surface area contributed by atoms with E-state index in [1.807, 2.05) is 0 Å². The van der Waals surface area contributed by atoms with Gasteiger partial charge in [0, 0.05) is 16.7 Å². The SMILES string of the molecule is N#CC(=C1C(=C(C#N)c2c(F)c(F)nc(F)c2F)C1=C(C#N)c1c(F)c(F)c(C#N)c(C#N)c1F)c1c(F)c(F)nc(F)c1F. The zero-order valence-corrected chi connectivity index (χ0v) is 20.8. The van der Waals surface area contributed by atoms with Crippen LogP contribution in [0.4, 0.5) is 48.3 Å². The summed E-state index contributed by atoms with van der Waals surface area (Å²) in [5.41, 5.74) is -17.6. The Morgan fingerprint density at radius 2 is 0.644 bits per heavy atom. The fourth-order valence-electron chi connectivity index (χ4n) is 4.15. The molecule has 0 N–H and O–H groups in total. The molecule has 0 amide bonds. The molecule has 2 heterocycles. The zero-order chi connectivity index (χ0) is 33.7. The van der Waals surface area contributed by atoms with Crippen molar-refractivity contribution in [3.63, 3.8) is 0 Å². The van der Waals surface area contributed by atoms with Crippen LogP contribution in [0.15, 0.2) is 16.7 Å². The number of rotatable bonds is 3. The van der Waals surface area contributed by atoms with Crippen molar-refractivity contribution >= 4 is 16.7 Å². The van der Waals surface area contributed by atoms with E-state index in [1.54, 1.807) is 0 Å². The van der Waals surface area contributed by atoms with E-state index in [1.165, 1.54) is 0 Å². The summed E-state index contributed by atoms with van der Waals surface area (Å²) in [7, 11) is 0. The first kappa shape index (κ1) is 31.4. The molecule has 220 valence electrons. The number of nitrogens with zero attached hydrogens (tertiary/aromatic N) is 7. The van der Waals surface area contributed by atoms with Gasteiger partial charge in [0.25, 0.3) is 23.8 Å². The van der Waals surface area contributed by atoms with Crippen LogP contribution >= 0.6 is 0 Å². The summed E-state index contributed by atoms with van der Waals surface area (Å²) >= 11 is 0. The molecule has 1 saturated carbocycles. The van der Waals surface area contributed by atoms with Gasteiger partial charge in [-0.1, -0.05) is 0 Å². The van der Waals surface area contributed by atoms with Crippen LogP contribution < -0.4 is 0 Å². The molecular formula is C27F11N7. The predicted octanol–water partition coefficient (Wildman–Crippen LogP) is 6.00. The van der Waals surface area contributed by atoms with Crippen molar-refractivity contribution in [1.29, 1.82) is 26.3 Å². The van der Waals surface area contributed by atoms with Crippen LogP contribution in [-0.2, 0) is 0 Å². The number of halogens is 11. The monoisotopic (exact) mass is 631 g/mol. The number of aromatic nitrogens is 2. The van der Waals surface area contributed by atoms with Gasteiger partial charge in [-0.3, -0.25) is 0 Å². The molecule has 0 aliphatic heterocycles. The minimum absolute atomic E-state index is 0.985. The molecule has 0 unspecified atom stereocenters. The van der Waals surface area contributed by atoms with Gasteiger partial charge in [-0.2, -0.15) is 53.8 Å². The minimum Gasteiger partial charge on any atom is -0.205 e. The van der Waals surface area contributed by atoms with Gasteiger partial charge in [0.2, 0.25) is 0 Å². The van der Waals surface area contributed by atoms with Gasteiger partial charge in [0.15, 0.2) is 40.7 Å². The molecule has 1 fully saturated rings. The Labute approximate surface area is 241 Å². The van der Waals surface area contributed by atoms with E-state index in [0.717, 1.165) is 30.3 Å². The molecule has 1 aromatic carbocycles. The first-order chi connectivity index (χ1) is 21.2. The molecule has 2 aromatic heterocycles. The van der Waals surface area contributed by atoms with Gasteiger partial charge >= 0.3 is 0 Å². The molecule has 0 saturated heterocycles. The number of hydrogen-bond acceptors (Lipinski definition) is 7. The van der Waals surface area contributed by atoms with Crippen molar-refractivity contribution in [2.24, 2.45) is 0 Å². The van der Waals surface area contributed by atoms with Gasteiger partial charge in [-0.15, -0.1) is 0 Å². The van der Waals surface area contributed by atoms with Gasteiger partial charge in [0.05, 0.1) is 33.4 Å². The van der Waals surface area contributed by atoms with E-state index < -0.39 is 126 Å². The lowest BCUT2D eigenvalue weighted by molar-refractivity contribution is 0.404. The van der Waals surface area contributed by atoms with Gasteiger partial charge in [-0.25, -0.2) is 30.7 Å². The standard InChI is InChI=1S/C27F11N7/c28-17-6(1-39)7(2-40)18(29)19(30)14(17)8(3-41)11-12(9(4-42)15-20(31)24(35)44-25(36)21(15)32)13(11)10(5-43)16-22(33)26(37)45-27(38)23(16)34. The van der Waals surface area contributed by atoms with Crippen LogP contribution in [-0.4, -0.2) is 9.97 Å². The first-order valence-corrected chi connectivity index (χ1v) is 11.1. The third-order valence-electron chi connectivity index (χ3n) is 6.06. The summed E-state index contributed by atoms with van der Waals surface area (Å²) < 4.78 is 160. The number of pyridine rings is 2. The fourth-order valence-corrected chi connectivity index (χ4v) is 4.15. The Morgan fingerprint density at radius 1 is 0.378 bits per heavy atom. The minimum atomic E-state index is -2.41. The van der Waals surface area contributed by atoms with Crippen LogP contribution in [0.1, 0.15) is 27.8 Å². The topological polar surface area (TPSA) is 145 Å². The fraction of sp³-hybridized carbons (Fsp3) is 0. The summed E-state index contributed by atoms with van der Waals surface area (Å²) in [6.45, 7) is 0. The summed E-state index contributed by atoms with van der Waals surface area (Å²) in [6.07, 6.45) is 0. The van der Waals surface area contributed by atoms with Crippen molar-refractivity contribution in [2.45, 2.75) is 0 Å². The van der Waals surface area contributed by atoms with E-state index in [2.05, 4.69) is 9.97 Å². The molecule has 45 heavy (non-hydrogen) atoms. The van der Waals surface area contributed by atoms with Crippen molar-refractivity contribution < 1.29 is 48.3 Å². The molecule has 0 spiro atoms. The van der Waals surface area contributed by atoms with Crippen molar-refractivity contribution in [3.8, 4) is 30.3 Å². The Morgan fingerprint density at radius 3 is 0.911 bits per heavy atom. The summed E-state index contributed by atoms with van der Waals surface area (Å²) in [5.74, 6) is -25.9. The Balaban J connectivity index is 2.36. The van der Waals surface area contributed by atoms with Gasteiger partial charge in [-0.05, 0) is 0 Å². The number of benzene rings is 1. The first-order valence-electron chi connectivity index (χ1n) is 11.1. The average Bonchev–Trinajstić information content (AvgIpc) is 3.72. The van der Waals surface area contributed by atoms with Crippen LogP contribution in [0.25, 0.3) is 16.7 Å². The maximum Gasteiger partial charge on any atom is 0.252 e. The highest BCUT2D eigenvalue weighted by molar-refractivity contribution is 6.12. The van der Waals surface area contributed by atoms with Crippen molar-refractivity contribution in [2.75, 3.05) is 0 Å². The lowest BCUT2D eigenvalue weighted by Gasteiger charge is -2.08. The Hall–Kier alpha value is -6.58. The largest absolute Gasteiger partial charge is 0.252 e. The maximum absolute atomic E-state index is 15.3. The molecule has 1 aliphatic carbocycles. The highest BCUT2D eigenvalue weighted by atomic mass is 19.2. The second kappa shape index (κ2) is 11.3. The Bertz CT molecular complexity index is 2080. The molecule has 3 aromatic rings. The lowest BCUT2D eigenvalue weighted by Crippen LogP contribution is -2.06. The summed E-state index contributed by atoms with van der Waals surface area (Å²) in [5, 5.41) is 47.5. The average molecular weight is 631 g/mol.